The van der Waals surface area contributed by atoms with E-state index >= 15 is 0 Å². The summed E-state index contributed by atoms with van der Waals surface area (Å²) in [5, 5.41) is 5.64. The third-order valence-electron chi connectivity index (χ3n) is 2.88. The van der Waals surface area contributed by atoms with E-state index in [1.165, 1.54) is 19.5 Å². The molecule has 118 valence electrons. The average molecular weight is 312 g/mol. The van der Waals surface area contributed by atoms with Gasteiger partial charge in [0.25, 0.3) is 5.91 Å². The minimum absolute atomic E-state index is 0.186. The summed E-state index contributed by atoms with van der Waals surface area (Å²) in [6.45, 7) is 4.15. The fraction of sp³-hybridized carbons (Fsp3) is 0.125. The first kappa shape index (κ1) is 16.2. The molecule has 2 aromatic rings. The number of carbonyl (C=O) groups excluding carboxylic acids is 2. The van der Waals surface area contributed by atoms with Crippen LogP contribution in [0.3, 0.4) is 0 Å². The van der Waals surface area contributed by atoms with E-state index in [0.29, 0.717) is 23.6 Å². The van der Waals surface area contributed by atoms with Crippen molar-refractivity contribution in [1.29, 1.82) is 0 Å². The van der Waals surface area contributed by atoms with Gasteiger partial charge in [-0.25, -0.2) is 14.8 Å². The molecule has 0 spiro atoms. The van der Waals surface area contributed by atoms with Gasteiger partial charge in [0.15, 0.2) is 0 Å². The largest absolute Gasteiger partial charge is 0.465 e. The molecule has 7 heteroatoms. The van der Waals surface area contributed by atoms with Gasteiger partial charge in [0.05, 0.1) is 25.1 Å². The lowest BCUT2D eigenvalue weighted by Crippen LogP contribution is -2.14. The van der Waals surface area contributed by atoms with Gasteiger partial charge in [-0.3, -0.25) is 4.79 Å². The molecular formula is C16H16N4O3. The Labute approximate surface area is 133 Å². The lowest BCUT2D eigenvalue weighted by Gasteiger charge is -2.06. The lowest BCUT2D eigenvalue weighted by atomic mass is 10.2. The maximum Gasteiger partial charge on any atom is 0.337 e. The Balaban J connectivity index is 2.01. The van der Waals surface area contributed by atoms with Crippen molar-refractivity contribution in [2.45, 2.75) is 0 Å². The van der Waals surface area contributed by atoms with Gasteiger partial charge in [0, 0.05) is 12.2 Å². The van der Waals surface area contributed by atoms with Crippen molar-refractivity contribution >= 4 is 23.4 Å². The standard InChI is InChI=1S/C16H16N4O3/c1-3-8-17-14-10-18-13(9-19-14)15(21)20-12-6-4-11(5-7-12)16(22)23-2/h3-7,9-10H,1,8H2,2H3,(H,17,19)(H,20,21). The predicted octanol–water partition coefficient (Wildman–Crippen LogP) is 2.11. The number of hydrogen-bond acceptors (Lipinski definition) is 6. The highest BCUT2D eigenvalue weighted by Crippen LogP contribution is 2.11. The number of hydrogen-bond donors (Lipinski definition) is 2. The van der Waals surface area contributed by atoms with Crippen molar-refractivity contribution in [3.8, 4) is 0 Å². The third-order valence-corrected chi connectivity index (χ3v) is 2.88. The third kappa shape index (κ3) is 4.37. The molecule has 1 amide bonds. The zero-order valence-corrected chi connectivity index (χ0v) is 12.6. The van der Waals surface area contributed by atoms with Gasteiger partial charge in [-0.2, -0.15) is 0 Å². The number of ether oxygens (including phenoxy) is 1. The second-order valence-electron chi connectivity index (χ2n) is 4.48. The average Bonchev–Trinajstić information content (AvgIpc) is 2.60. The number of aromatic nitrogens is 2. The van der Waals surface area contributed by atoms with E-state index in [1.807, 2.05) is 0 Å². The number of benzene rings is 1. The zero-order chi connectivity index (χ0) is 16.7. The zero-order valence-electron chi connectivity index (χ0n) is 12.6. The van der Waals surface area contributed by atoms with Crippen molar-refractivity contribution in [3.63, 3.8) is 0 Å². The van der Waals surface area contributed by atoms with Gasteiger partial charge in [-0.05, 0) is 24.3 Å². The molecule has 7 nitrogen and oxygen atoms in total. The summed E-state index contributed by atoms with van der Waals surface area (Å²) in [7, 11) is 1.31. The van der Waals surface area contributed by atoms with Crippen LogP contribution in [0.4, 0.5) is 11.5 Å². The van der Waals surface area contributed by atoms with Crippen LogP contribution in [0.5, 0.6) is 0 Å². The summed E-state index contributed by atoms with van der Waals surface area (Å²) in [6, 6.07) is 6.35. The Bertz CT molecular complexity index is 696. The van der Waals surface area contributed by atoms with Gasteiger partial charge in [0.2, 0.25) is 0 Å². The van der Waals surface area contributed by atoms with Gasteiger partial charge in [0.1, 0.15) is 11.5 Å². The Kier molecular flexibility index (Phi) is 5.40. The SMILES string of the molecule is C=CCNc1cnc(C(=O)Nc2ccc(C(=O)OC)cc2)cn1. The molecule has 1 aromatic heterocycles. The normalized spacial score (nSPS) is 9.78. The maximum absolute atomic E-state index is 12.1. The fourth-order valence-corrected chi connectivity index (χ4v) is 1.72. The molecule has 0 unspecified atom stereocenters. The number of esters is 1. The molecule has 23 heavy (non-hydrogen) atoms. The summed E-state index contributed by atoms with van der Waals surface area (Å²) in [5.41, 5.74) is 1.13. The van der Waals surface area contributed by atoms with Gasteiger partial charge >= 0.3 is 5.97 Å². The molecule has 0 aliphatic carbocycles. The Morgan fingerprint density at radius 1 is 1.22 bits per heavy atom. The van der Waals surface area contributed by atoms with Crippen LogP contribution in [0.2, 0.25) is 0 Å². The monoisotopic (exact) mass is 312 g/mol. The minimum atomic E-state index is -0.434. The van der Waals surface area contributed by atoms with Crippen molar-refractivity contribution in [1.82, 2.24) is 9.97 Å². The van der Waals surface area contributed by atoms with Crippen LogP contribution in [0, 0.1) is 0 Å². The van der Waals surface area contributed by atoms with Crippen molar-refractivity contribution in [3.05, 3.63) is 60.6 Å². The second-order valence-corrected chi connectivity index (χ2v) is 4.48. The summed E-state index contributed by atoms with van der Waals surface area (Å²) in [4.78, 5) is 31.5. The molecule has 0 bridgehead atoms. The Morgan fingerprint density at radius 2 is 1.96 bits per heavy atom. The van der Waals surface area contributed by atoms with Crippen LogP contribution in [0.25, 0.3) is 0 Å². The summed E-state index contributed by atoms with van der Waals surface area (Å²) < 4.78 is 4.61. The minimum Gasteiger partial charge on any atom is -0.465 e. The van der Waals surface area contributed by atoms with Crippen LogP contribution in [-0.4, -0.2) is 35.5 Å². The second kappa shape index (κ2) is 7.69. The number of carbonyl (C=O) groups is 2. The quantitative estimate of drug-likeness (QED) is 0.627. The van der Waals surface area contributed by atoms with E-state index in [4.69, 9.17) is 0 Å². The number of anilines is 2. The van der Waals surface area contributed by atoms with E-state index in [9.17, 15) is 9.59 Å². The summed E-state index contributed by atoms with van der Waals surface area (Å²) >= 11 is 0. The molecule has 0 saturated heterocycles. The first-order valence-corrected chi connectivity index (χ1v) is 6.80. The van der Waals surface area contributed by atoms with E-state index < -0.39 is 11.9 Å². The molecule has 0 radical (unpaired) electrons. The summed E-state index contributed by atoms with van der Waals surface area (Å²) in [6.07, 6.45) is 4.54. The molecule has 1 heterocycles. The molecular weight excluding hydrogens is 296 g/mol. The van der Waals surface area contributed by atoms with Crippen LogP contribution in [0.1, 0.15) is 20.8 Å². The molecule has 1 aromatic carbocycles. The number of rotatable bonds is 6. The van der Waals surface area contributed by atoms with E-state index in [0.717, 1.165) is 0 Å². The van der Waals surface area contributed by atoms with Gasteiger partial charge in [-0.15, -0.1) is 6.58 Å². The van der Waals surface area contributed by atoms with E-state index in [1.54, 1.807) is 30.3 Å². The van der Waals surface area contributed by atoms with E-state index in [-0.39, 0.29) is 5.69 Å². The number of methoxy groups -OCH3 is 1. The van der Waals surface area contributed by atoms with Crippen LogP contribution >= 0.6 is 0 Å². The van der Waals surface area contributed by atoms with Crippen molar-refractivity contribution in [2.24, 2.45) is 0 Å². The van der Waals surface area contributed by atoms with Gasteiger partial charge < -0.3 is 15.4 Å². The maximum atomic E-state index is 12.1. The highest BCUT2D eigenvalue weighted by atomic mass is 16.5. The molecule has 0 aliphatic rings. The number of amides is 1. The summed E-state index contributed by atoms with van der Waals surface area (Å²) in [5.74, 6) is -0.265. The molecule has 0 atom stereocenters. The molecule has 0 aliphatic heterocycles. The molecule has 0 saturated carbocycles. The molecule has 0 fully saturated rings. The first-order chi connectivity index (χ1) is 11.1. The predicted molar refractivity (Wildman–Crippen MR) is 86.5 cm³/mol. The highest BCUT2D eigenvalue weighted by Gasteiger charge is 2.10. The Hall–Kier alpha value is -3.22. The fourth-order valence-electron chi connectivity index (χ4n) is 1.72. The van der Waals surface area contributed by atoms with Crippen LogP contribution in [0.15, 0.2) is 49.3 Å². The first-order valence-electron chi connectivity index (χ1n) is 6.80. The smallest absolute Gasteiger partial charge is 0.337 e. The molecule has 2 N–H and O–H groups in total. The van der Waals surface area contributed by atoms with Crippen molar-refractivity contribution in [2.75, 3.05) is 24.3 Å². The number of nitrogens with one attached hydrogen (secondary N) is 2. The topological polar surface area (TPSA) is 93.2 Å². The Morgan fingerprint density at radius 3 is 2.52 bits per heavy atom. The number of nitrogens with zero attached hydrogens (tertiary/aromatic N) is 2. The molecule has 2 rings (SSSR count). The van der Waals surface area contributed by atoms with Crippen LogP contribution in [-0.2, 0) is 4.74 Å². The van der Waals surface area contributed by atoms with E-state index in [2.05, 4.69) is 31.9 Å². The van der Waals surface area contributed by atoms with Crippen molar-refractivity contribution < 1.29 is 14.3 Å². The van der Waals surface area contributed by atoms with Gasteiger partial charge in [-0.1, -0.05) is 6.08 Å². The van der Waals surface area contributed by atoms with Crippen LogP contribution < -0.4 is 10.6 Å². The highest BCUT2D eigenvalue weighted by molar-refractivity contribution is 6.03. The lowest BCUT2D eigenvalue weighted by molar-refractivity contribution is 0.0600.